The third-order valence-corrected chi connectivity index (χ3v) is 4.63. The molecule has 1 saturated heterocycles. The number of aliphatic carboxylic acids is 1. The number of anilines is 1. The molecule has 1 fully saturated rings. The van der Waals surface area contributed by atoms with Crippen LogP contribution in [0.15, 0.2) is 24.3 Å². The van der Waals surface area contributed by atoms with Crippen LogP contribution in [0.1, 0.15) is 23.7 Å². The van der Waals surface area contributed by atoms with E-state index in [1.165, 1.54) is 6.92 Å². The van der Waals surface area contributed by atoms with E-state index in [-0.39, 0.29) is 23.9 Å². The maximum Gasteiger partial charge on any atom is 0.327 e. The van der Waals surface area contributed by atoms with Crippen LogP contribution < -0.4 is 10.6 Å². The maximum absolute atomic E-state index is 12.0. The maximum atomic E-state index is 12.0. The largest absolute Gasteiger partial charge is 0.480 e. The fourth-order valence-corrected chi connectivity index (χ4v) is 3.19. The molecule has 1 heterocycles. The van der Waals surface area contributed by atoms with Crippen molar-refractivity contribution in [1.29, 1.82) is 0 Å². The second-order valence-electron chi connectivity index (χ2n) is 5.11. The van der Waals surface area contributed by atoms with Crippen molar-refractivity contribution < 1.29 is 24.3 Å². The molecular formula is C15H16N2O5S. The fourth-order valence-electron chi connectivity index (χ4n) is 2.05. The van der Waals surface area contributed by atoms with Gasteiger partial charge in [-0.3, -0.25) is 14.4 Å². The number of Topliss-reactive ketones (excluding diaryl/α,β-unsaturated/α-hetero) is 1. The van der Waals surface area contributed by atoms with Crippen LogP contribution in [0.3, 0.4) is 0 Å². The summed E-state index contributed by atoms with van der Waals surface area (Å²) >= 11 is 1.15. The number of benzene rings is 1. The lowest BCUT2D eigenvalue weighted by Crippen LogP contribution is -2.51. The minimum atomic E-state index is -1.08. The lowest BCUT2D eigenvalue weighted by molar-refractivity contribution is -0.141. The Kier molecular flexibility index (Phi) is 5.38. The predicted octanol–water partition coefficient (Wildman–Crippen LogP) is 0.903. The number of nitrogens with one attached hydrogen (secondary N) is 2. The molecule has 0 aliphatic carbocycles. The first-order valence-corrected chi connectivity index (χ1v) is 7.97. The van der Waals surface area contributed by atoms with Crippen molar-refractivity contribution in [3.8, 4) is 0 Å². The highest BCUT2D eigenvalue weighted by atomic mass is 32.2. The number of hydrogen-bond acceptors (Lipinski definition) is 5. The van der Waals surface area contributed by atoms with Gasteiger partial charge in [-0.25, -0.2) is 4.79 Å². The van der Waals surface area contributed by atoms with Crippen molar-refractivity contribution in [2.24, 2.45) is 0 Å². The molecule has 0 spiro atoms. The van der Waals surface area contributed by atoms with E-state index in [2.05, 4.69) is 10.6 Å². The highest BCUT2D eigenvalue weighted by Crippen LogP contribution is 2.22. The van der Waals surface area contributed by atoms with Crippen LogP contribution in [0, 0.1) is 0 Å². The van der Waals surface area contributed by atoms with Crippen molar-refractivity contribution in [3.05, 3.63) is 29.8 Å². The minimum absolute atomic E-state index is 0.0443. The number of carboxylic acid groups (broad SMARTS) is 1. The molecule has 2 amide bonds. The van der Waals surface area contributed by atoms with Gasteiger partial charge in [-0.2, -0.15) is 0 Å². The second kappa shape index (κ2) is 7.28. The van der Waals surface area contributed by atoms with Crippen molar-refractivity contribution in [1.82, 2.24) is 5.32 Å². The van der Waals surface area contributed by atoms with Gasteiger partial charge in [0.1, 0.15) is 6.04 Å². The van der Waals surface area contributed by atoms with E-state index in [0.717, 1.165) is 11.8 Å². The molecule has 2 atom stereocenters. The summed E-state index contributed by atoms with van der Waals surface area (Å²) in [5.41, 5.74) is 1.08. The molecule has 23 heavy (non-hydrogen) atoms. The zero-order valence-electron chi connectivity index (χ0n) is 12.4. The lowest BCUT2D eigenvalue weighted by atomic mass is 10.1. The van der Waals surface area contributed by atoms with E-state index >= 15 is 0 Å². The molecular weight excluding hydrogens is 320 g/mol. The van der Waals surface area contributed by atoms with Gasteiger partial charge in [0.15, 0.2) is 5.78 Å². The zero-order chi connectivity index (χ0) is 17.0. The van der Waals surface area contributed by atoms with Crippen LogP contribution in [0.4, 0.5) is 5.69 Å². The van der Waals surface area contributed by atoms with Gasteiger partial charge in [-0.1, -0.05) is 0 Å². The summed E-state index contributed by atoms with van der Waals surface area (Å²) in [7, 11) is 0. The van der Waals surface area contributed by atoms with Crippen molar-refractivity contribution in [2.45, 2.75) is 24.6 Å². The summed E-state index contributed by atoms with van der Waals surface area (Å²) in [6.07, 6.45) is -0.0443. The highest BCUT2D eigenvalue weighted by molar-refractivity contribution is 8.00. The first-order valence-electron chi connectivity index (χ1n) is 6.92. The Morgan fingerprint density at radius 3 is 2.48 bits per heavy atom. The summed E-state index contributed by atoms with van der Waals surface area (Å²) in [5, 5.41) is 13.3. The van der Waals surface area contributed by atoms with E-state index in [0.29, 0.717) is 11.3 Å². The van der Waals surface area contributed by atoms with Crippen LogP contribution in [0.5, 0.6) is 0 Å². The summed E-state index contributed by atoms with van der Waals surface area (Å²) < 4.78 is 0. The molecule has 1 aromatic rings. The number of rotatable bonds is 5. The van der Waals surface area contributed by atoms with Crippen LogP contribution in [-0.4, -0.2) is 45.7 Å². The van der Waals surface area contributed by atoms with E-state index in [1.807, 2.05) is 0 Å². The number of thioether (sulfide) groups is 1. The molecule has 1 aliphatic rings. The Morgan fingerprint density at radius 1 is 1.30 bits per heavy atom. The number of carboxylic acids is 1. The summed E-state index contributed by atoms with van der Waals surface area (Å²) in [6.45, 7) is 1.46. The third-order valence-electron chi connectivity index (χ3n) is 3.32. The number of carbonyl (C=O) groups excluding carboxylic acids is 3. The van der Waals surface area contributed by atoms with Crippen molar-refractivity contribution in [3.63, 3.8) is 0 Å². The summed E-state index contributed by atoms with van der Waals surface area (Å²) in [5.74, 6) is -1.71. The van der Waals surface area contributed by atoms with Gasteiger partial charge in [0.2, 0.25) is 11.8 Å². The van der Waals surface area contributed by atoms with Gasteiger partial charge in [0.05, 0.1) is 5.25 Å². The molecule has 0 radical (unpaired) electrons. The van der Waals surface area contributed by atoms with Gasteiger partial charge in [-0.05, 0) is 31.2 Å². The molecule has 3 N–H and O–H groups in total. The van der Waals surface area contributed by atoms with Crippen LogP contribution in [0.25, 0.3) is 0 Å². The molecule has 0 bridgehead atoms. The van der Waals surface area contributed by atoms with Crippen molar-refractivity contribution in [2.75, 3.05) is 11.1 Å². The van der Waals surface area contributed by atoms with E-state index in [1.54, 1.807) is 24.3 Å². The molecule has 0 unspecified atom stereocenters. The number of ketones is 1. The molecule has 7 nitrogen and oxygen atoms in total. The van der Waals surface area contributed by atoms with E-state index in [9.17, 15) is 19.2 Å². The summed E-state index contributed by atoms with van der Waals surface area (Å²) in [6, 6.07) is 5.53. The Labute approximate surface area is 136 Å². The molecule has 1 aliphatic heterocycles. The van der Waals surface area contributed by atoms with E-state index in [4.69, 9.17) is 5.11 Å². The Bertz CT molecular complexity index is 644. The average Bonchev–Trinajstić information content (AvgIpc) is 2.49. The van der Waals surface area contributed by atoms with Crippen molar-refractivity contribution >= 4 is 41.0 Å². The Balaban J connectivity index is 1.88. The highest BCUT2D eigenvalue weighted by Gasteiger charge is 2.33. The van der Waals surface area contributed by atoms with Gasteiger partial charge < -0.3 is 15.7 Å². The van der Waals surface area contributed by atoms with Gasteiger partial charge in [-0.15, -0.1) is 11.8 Å². The van der Waals surface area contributed by atoms with E-state index < -0.39 is 23.2 Å². The third kappa shape index (κ3) is 4.56. The molecule has 122 valence electrons. The first kappa shape index (κ1) is 17.0. The number of hydrogen-bond donors (Lipinski definition) is 3. The van der Waals surface area contributed by atoms with Crippen LogP contribution in [-0.2, 0) is 14.4 Å². The van der Waals surface area contributed by atoms with Gasteiger partial charge in [0, 0.05) is 23.4 Å². The monoisotopic (exact) mass is 336 g/mol. The van der Waals surface area contributed by atoms with Crippen LogP contribution >= 0.6 is 11.8 Å². The lowest BCUT2D eigenvalue weighted by Gasteiger charge is -2.25. The van der Waals surface area contributed by atoms with Gasteiger partial charge in [0.25, 0.3) is 0 Å². The Hall–Kier alpha value is -2.35. The molecule has 1 aromatic carbocycles. The second-order valence-corrected chi connectivity index (χ2v) is 6.34. The Morgan fingerprint density at radius 2 is 1.96 bits per heavy atom. The molecule has 0 aromatic heterocycles. The SMILES string of the molecule is CC(=O)c1ccc(NC(=O)C[C@H]2SC[C@H](C(=O)O)NC2=O)cc1. The standard InChI is InChI=1S/C15H16N2O5S/c1-8(18)9-2-4-10(5-3-9)16-13(19)6-12-14(20)17-11(7-23-12)15(21)22/h2-5,11-12H,6-7H2,1H3,(H,16,19)(H,17,20)(H,21,22)/t11-,12-/m1/s1. The topological polar surface area (TPSA) is 113 Å². The smallest absolute Gasteiger partial charge is 0.327 e. The number of carbonyl (C=O) groups is 4. The average molecular weight is 336 g/mol. The van der Waals surface area contributed by atoms with Crippen LogP contribution in [0.2, 0.25) is 0 Å². The molecule has 0 saturated carbocycles. The van der Waals surface area contributed by atoms with Gasteiger partial charge >= 0.3 is 5.97 Å². The summed E-state index contributed by atoms with van der Waals surface area (Å²) in [4.78, 5) is 45.8. The minimum Gasteiger partial charge on any atom is -0.480 e. The molecule has 8 heteroatoms. The predicted molar refractivity (Wildman–Crippen MR) is 85.5 cm³/mol. The number of amides is 2. The zero-order valence-corrected chi connectivity index (χ0v) is 13.2. The fraction of sp³-hybridized carbons (Fsp3) is 0.333. The molecule has 2 rings (SSSR count). The first-order chi connectivity index (χ1) is 10.9. The normalized spacial score (nSPS) is 20.5. The quantitative estimate of drug-likeness (QED) is 0.689.